The SMILES string of the molecule is CCCN1C(=O)COc2ccc(-c3noc(C4CCCCC4)n3)cc21. The van der Waals surface area contributed by atoms with Crippen molar-refractivity contribution >= 4 is 11.6 Å². The first-order chi connectivity index (χ1) is 12.3. The summed E-state index contributed by atoms with van der Waals surface area (Å²) in [7, 11) is 0. The Morgan fingerprint density at radius 1 is 1.24 bits per heavy atom. The van der Waals surface area contributed by atoms with Crippen LogP contribution in [0.2, 0.25) is 0 Å². The van der Waals surface area contributed by atoms with Crippen LogP contribution in [-0.2, 0) is 4.79 Å². The van der Waals surface area contributed by atoms with Gasteiger partial charge in [-0.2, -0.15) is 4.98 Å². The molecule has 0 N–H and O–H groups in total. The van der Waals surface area contributed by atoms with E-state index in [1.807, 2.05) is 18.2 Å². The van der Waals surface area contributed by atoms with Gasteiger partial charge < -0.3 is 14.2 Å². The third-order valence-electron chi connectivity index (χ3n) is 5.00. The normalized spacial score (nSPS) is 18.1. The van der Waals surface area contributed by atoms with Crippen molar-refractivity contribution in [2.45, 2.75) is 51.4 Å². The monoisotopic (exact) mass is 341 g/mol. The van der Waals surface area contributed by atoms with Crippen LogP contribution in [0.25, 0.3) is 11.4 Å². The third kappa shape index (κ3) is 3.13. The average Bonchev–Trinajstić information content (AvgIpc) is 3.15. The molecule has 6 heteroatoms. The molecule has 1 fully saturated rings. The molecule has 1 aliphatic carbocycles. The van der Waals surface area contributed by atoms with E-state index in [4.69, 9.17) is 9.26 Å². The van der Waals surface area contributed by atoms with E-state index in [1.54, 1.807) is 4.90 Å². The number of carbonyl (C=O) groups is 1. The fourth-order valence-electron chi connectivity index (χ4n) is 3.68. The Labute approximate surface area is 147 Å². The molecule has 132 valence electrons. The Morgan fingerprint density at radius 3 is 2.88 bits per heavy atom. The average molecular weight is 341 g/mol. The Morgan fingerprint density at radius 2 is 2.08 bits per heavy atom. The highest BCUT2D eigenvalue weighted by Gasteiger charge is 2.26. The maximum Gasteiger partial charge on any atom is 0.265 e. The molecule has 2 aliphatic rings. The standard InChI is InChI=1S/C19H23N3O3/c1-2-10-22-15-11-14(8-9-16(15)24-12-17(22)23)18-20-19(25-21-18)13-6-4-3-5-7-13/h8-9,11,13H,2-7,10,12H2,1H3. The Bertz CT molecular complexity index is 765. The largest absolute Gasteiger partial charge is 0.482 e. The number of nitrogens with zero attached hydrogens (tertiary/aromatic N) is 3. The van der Waals surface area contributed by atoms with Crippen LogP contribution >= 0.6 is 0 Å². The maximum atomic E-state index is 12.2. The van der Waals surface area contributed by atoms with Gasteiger partial charge in [-0.25, -0.2) is 0 Å². The number of fused-ring (bicyclic) bond motifs is 1. The lowest BCUT2D eigenvalue weighted by Crippen LogP contribution is -2.39. The molecule has 0 atom stereocenters. The van der Waals surface area contributed by atoms with E-state index < -0.39 is 0 Å². The lowest BCUT2D eigenvalue weighted by molar-refractivity contribution is -0.121. The predicted molar refractivity (Wildman–Crippen MR) is 93.7 cm³/mol. The summed E-state index contributed by atoms with van der Waals surface area (Å²) in [6.07, 6.45) is 6.89. The number of hydrogen-bond acceptors (Lipinski definition) is 5. The first-order valence-corrected chi connectivity index (χ1v) is 9.17. The van der Waals surface area contributed by atoms with Crippen molar-refractivity contribution in [1.82, 2.24) is 10.1 Å². The van der Waals surface area contributed by atoms with Crippen LogP contribution in [0, 0.1) is 0 Å². The van der Waals surface area contributed by atoms with Gasteiger partial charge in [-0.1, -0.05) is 31.3 Å². The van der Waals surface area contributed by atoms with Crippen LogP contribution in [0.1, 0.15) is 57.3 Å². The predicted octanol–water partition coefficient (Wildman–Crippen LogP) is 3.92. The third-order valence-corrected chi connectivity index (χ3v) is 5.00. The molecule has 1 amide bonds. The number of hydrogen-bond donors (Lipinski definition) is 0. The number of amides is 1. The molecule has 1 aliphatic heterocycles. The van der Waals surface area contributed by atoms with Gasteiger partial charge in [-0.15, -0.1) is 0 Å². The van der Waals surface area contributed by atoms with E-state index in [0.29, 0.717) is 18.3 Å². The van der Waals surface area contributed by atoms with Gasteiger partial charge in [0.05, 0.1) is 5.69 Å². The van der Waals surface area contributed by atoms with Crippen molar-refractivity contribution in [3.63, 3.8) is 0 Å². The van der Waals surface area contributed by atoms with Crippen LogP contribution in [0.4, 0.5) is 5.69 Å². The number of aromatic nitrogens is 2. The smallest absolute Gasteiger partial charge is 0.265 e. The lowest BCUT2D eigenvalue weighted by atomic mass is 9.89. The lowest BCUT2D eigenvalue weighted by Gasteiger charge is -2.29. The fraction of sp³-hybridized carbons (Fsp3) is 0.526. The second kappa shape index (κ2) is 6.86. The molecule has 0 radical (unpaired) electrons. The van der Waals surface area contributed by atoms with E-state index in [0.717, 1.165) is 42.2 Å². The van der Waals surface area contributed by atoms with E-state index in [2.05, 4.69) is 17.1 Å². The Kier molecular flexibility index (Phi) is 4.42. The minimum Gasteiger partial charge on any atom is -0.482 e. The van der Waals surface area contributed by atoms with Gasteiger partial charge >= 0.3 is 0 Å². The van der Waals surface area contributed by atoms with Crippen molar-refractivity contribution in [3.05, 3.63) is 24.1 Å². The van der Waals surface area contributed by atoms with Crippen molar-refractivity contribution in [1.29, 1.82) is 0 Å². The Hall–Kier alpha value is -2.37. The highest BCUT2D eigenvalue weighted by Crippen LogP contribution is 2.37. The van der Waals surface area contributed by atoms with Gasteiger partial charge in [0.15, 0.2) is 6.61 Å². The summed E-state index contributed by atoms with van der Waals surface area (Å²) in [4.78, 5) is 18.6. The summed E-state index contributed by atoms with van der Waals surface area (Å²) in [6.45, 7) is 2.83. The molecular weight excluding hydrogens is 318 g/mol. The second-order valence-corrected chi connectivity index (χ2v) is 6.81. The van der Waals surface area contributed by atoms with E-state index in [1.165, 1.54) is 19.3 Å². The van der Waals surface area contributed by atoms with Crippen molar-refractivity contribution in [3.8, 4) is 17.1 Å². The quantitative estimate of drug-likeness (QED) is 0.843. The highest BCUT2D eigenvalue weighted by molar-refractivity contribution is 5.98. The number of anilines is 1. The minimum absolute atomic E-state index is 0.0116. The first-order valence-electron chi connectivity index (χ1n) is 9.17. The molecule has 0 bridgehead atoms. The zero-order valence-electron chi connectivity index (χ0n) is 14.5. The van der Waals surface area contributed by atoms with Gasteiger partial charge in [0, 0.05) is 18.0 Å². The first kappa shape index (κ1) is 16.1. The van der Waals surface area contributed by atoms with Crippen molar-refractivity contribution in [2.75, 3.05) is 18.1 Å². The van der Waals surface area contributed by atoms with Crippen LogP contribution in [0.15, 0.2) is 22.7 Å². The molecule has 2 aromatic rings. The van der Waals surface area contributed by atoms with Gasteiger partial charge in [-0.3, -0.25) is 4.79 Å². The van der Waals surface area contributed by atoms with E-state index >= 15 is 0 Å². The molecule has 1 aromatic heterocycles. The second-order valence-electron chi connectivity index (χ2n) is 6.81. The van der Waals surface area contributed by atoms with Crippen LogP contribution in [-0.4, -0.2) is 29.2 Å². The van der Waals surface area contributed by atoms with Gasteiger partial charge in [-0.05, 0) is 37.5 Å². The fourth-order valence-corrected chi connectivity index (χ4v) is 3.68. The van der Waals surface area contributed by atoms with Gasteiger partial charge in [0.25, 0.3) is 5.91 Å². The molecule has 1 aromatic carbocycles. The summed E-state index contributed by atoms with van der Waals surface area (Å²) in [6, 6.07) is 5.74. The summed E-state index contributed by atoms with van der Waals surface area (Å²) < 4.78 is 11.1. The zero-order valence-corrected chi connectivity index (χ0v) is 14.5. The van der Waals surface area contributed by atoms with E-state index in [-0.39, 0.29) is 12.5 Å². The molecular formula is C19H23N3O3. The minimum atomic E-state index is -0.0116. The maximum absolute atomic E-state index is 12.2. The summed E-state index contributed by atoms with van der Waals surface area (Å²) in [5.74, 6) is 2.42. The molecule has 4 rings (SSSR count). The summed E-state index contributed by atoms with van der Waals surface area (Å²) >= 11 is 0. The van der Waals surface area contributed by atoms with E-state index in [9.17, 15) is 4.79 Å². The Balaban J connectivity index is 1.63. The van der Waals surface area contributed by atoms with Crippen molar-refractivity contribution < 1.29 is 14.1 Å². The molecule has 2 heterocycles. The molecule has 6 nitrogen and oxygen atoms in total. The van der Waals surface area contributed by atoms with Crippen LogP contribution in [0.3, 0.4) is 0 Å². The number of carbonyl (C=O) groups excluding carboxylic acids is 1. The van der Waals surface area contributed by atoms with Gasteiger partial charge in [0.1, 0.15) is 5.75 Å². The number of ether oxygens (including phenoxy) is 1. The van der Waals surface area contributed by atoms with Crippen LogP contribution in [0.5, 0.6) is 5.75 Å². The van der Waals surface area contributed by atoms with Crippen LogP contribution < -0.4 is 9.64 Å². The number of rotatable bonds is 4. The molecule has 0 saturated heterocycles. The molecule has 1 saturated carbocycles. The highest BCUT2D eigenvalue weighted by atomic mass is 16.5. The molecule has 0 spiro atoms. The summed E-state index contributed by atoms with van der Waals surface area (Å²) in [5.41, 5.74) is 1.64. The zero-order chi connectivity index (χ0) is 17.2. The molecule has 0 unspecified atom stereocenters. The summed E-state index contributed by atoms with van der Waals surface area (Å²) in [5, 5.41) is 4.17. The van der Waals surface area contributed by atoms with Crippen molar-refractivity contribution in [2.24, 2.45) is 0 Å². The van der Waals surface area contributed by atoms with Gasteiger partial charge in [0.2, 0.25) is 11.7 Å². The topological polar surface area (TPSA) is 68.5 Å². The number of benzene rings is 1. The molecule has 25 heavy (non-hydrogen) atoms.